The highest BCUT2D eigenvalue weighted by atomic mass is 35.5. The fourth-order valence-corrected chi connectivity index (χ4v) is 4.73. The summed E-state index contributed by atoms with van der Waals surface area (Å²) < 4.78 is 13.0. The summed E-state index contributed by atoms with van der Waals surface area (Å²) in [6, 6.07) is 7.91. The molecule has 0 radical (unpaired) electrons. The molecule has 2 aliphatic heterocycles. The smallest absolute Gasteiger partial charge is 0.226 e. The van der Waals surface area contributed by atoms with Gasteiger partial charge >= 0.3 is 0 Å². The molecule has 3 heterocycles. The molecule has 2 fully saturated rings. The van der Waals surface area contributed by atoms with Crippen LogP contribution in [0.15, 0.2) is 29.6 Å². The minimum atomic E-state index is -0.230. The minimum absolute atomic E-state index is 0. The van der Waals surface area contributed by atoms with Crippen molar-refractivity contribution in [2.24, 2.45) is 0 Å². The Morgan fingerprint density at radius 3 is 2.52 bits per heavy atom. The van der Waals surface area contributed by atoms with E-state index in [0.717, 1.165) is 29.1 Å². The monoisotopic (exact) mass is 431 g/mol. The van der Waals surface area contributed by atoms with Crippen LogP contribution in [0.2, 0.25) is 0 Å². The van der Waals surface area contributed by atoms with E-state index in [2.05, 4.69) is 15.6 Å². The number of halogens is 3. The van der Waals surface area contributed by atoms with Gasteiger partial charge in [0.15, 0.2) is 0 Å². The predicted octanol–water partition coefficient (Wildman–Crippen LogP) is 3.66. The van der Waals surface area contributed by atoms with Crippen LogP contribution in [0.4, 0.5) is 4.39 Å². The van der Waals surface area contributed by atoms with Crippen molar-refractivity contribution in [3.63, 3.8) is 0 Å². The molecule has 2 aliphatic rings. The molecule has 4 nitrogen and oxygen atoms in total. The second-order valence-electron chi connectivity index (χ2n) is 7.09. The first-order chi connectivity index (χ1) is 12.1. The molecule has 1 aromatic carbocycles. The average Bonchev–Trinajstić information content (AvgIpc) is 3.15. The molecule has 2 N–H and O–H groups in total. The van der Waals surface area contributed by atoms with Gasteiger partial charge < -0.3 is 10.6 Å². The quantitative estimate of drug-likeness (QED) is 0.759. The Kier molecular flexibility index (Phi) is 8.04. The predicted molar refractivity (Wildman–Crippen MR) is 111 cm³/mol. The number of benzene rings is 1. The van der Waals surface area contributed by atoms with Crippen LogP contribution in [0.5, 0.6) is 0 Å². The normalized spacial score (nSPS) is 23.2. The lowest BCUT2D eigenvalue weighted by atomic mass is 9.99. The number of fused-ring (bicyclic) bond motifs is 2. The lowest BCUT2D eigenvalue weighted by Crippen LogP contribution is -2.48. The maximum Gasteiger partial charge on any atom is 0.226 e. The second kappa shape index (κ2) is 9.82. The Morgan fingerprint density at radius 2 is 1.85 bits per heavy atom. The van der Waals surface area contributed by atoms with Crippen LogP contribution < -0.4 is 10.6 Å². The molecule has 2 unspecified atom stereocenters. The van der Waals surface area contributed by atoms with Crippen LogP contribution in [0.3, 0.4) is 0 Å². The van der Waals surface area contributed by atoms with Crippen molar-refractivity contribution in [2.75, 3.05) is 0 Å². The summed E-state index contributed by atoms with van der Waals surface area (Å²) in [7, 11) is 0. The maximum atomic E-state index is 13.0. The zero-order chi connectivity index (χ0) is 17.2. The summed E-state index contributed by atoms with van der Waals surface area (Å²) in [5, 5.41) is 9.67. The van der Waals surface area contributed by atoms with E-state index in [1.807, 2.05) is 5.38 Å². The van der Waals surface area contributed by atoms with E-state index in [1.165, 1.54) is 25.0 Å². The Balaban J connectivity index is 0.00000131. The number of nitrogens with zero attached hydrogens (tertiary/aromatic N) is 1. The Morgan fingerprint density at radius 1 is 1.19 bits per heavy atom. The second-order valence-corrected chi connectivity index (χ2v) is 8.03. The standard InChI is InChI=1S/C19H22FN3OS.2ClH/c20-13-3-1-12(2-4-13)7-19-23-17(11-25-19)10-18(24)22-16-8-14-5-6-15(9-16)21-14;;/h1-4,11,14-16,21H,5-10H2,(H,22,24);2*1H. The van der Waals surface area contributed by atoms with E-state index in [1.54, 1.807) is 23.5 Å². The van der Waals surface area contributed by atoms with Gasteiger partial charge in [-0.1, -0.05) is 12.1 Å². The van der Waals surface area contributed by atoms with Crippen LogP contribution in [-0.2, 0) is 17.6 Å². The van der Waals surface area contributed by atoms with Gasteiger partial charge in [-0.05, 0) is 43.4 Å². The number of carbonyl (C=O) groups is 1. The first kappa shape index (κ1) is 22.1. The van der Waals surface area contributed by atoms with Gasteiger partial charge in [-0.15, -0.1) is 36.2 Å². The van der Waals surface area contributed by atoms with Crippen LogP contribution in [0, 0.1) is 5.82 Å². The van der Waals surface area contributed by atoms with Crippen LogP contribution in [-0.4, -0.2) is 29.0 Å². The Hall–Kier alpha value is -1.21. The summed E-state index contributed by atoms with van der Waals surface area (Å²) in [6.07, 6.45) is 5.54. The average molecular weight is 432 g/mol. The zero-order valence-corrected chi connectivity index (χ0v) is 17.3. The molecule has 27 heavy (non-hydrogen) atoms. The highest BCUT2D eigenvalue weighted by molar-refractivity contribution is 7.09. The number of hydrogen-bond donors (Lipinski definition) is 2. The highest BCUT2D eigenvalue weighted by Gasteiger charge is 2.33. The molecular weight excluding hydrogens is 408 g/mol. The van der Waals surface area contributed by atoms with Gasteiger partial charge in [0.05, 0.1) is 17.1 Å². The van der Waals surface area contributed by atoms with Gasteiger partial charge in [-0.3, -0.25) is 4.79 Å². The van der Waals surface area contributed by atoms with Crippen molar-refractivity contribution < 1.29 is 9.18 Å². The number of nitrogens with one attached hydrogen (secondary N) is 2. The minimum Gasteiger partial charge on any atom is -0.353 e. The van der Waals surface area contributed by atoms with Crippen molar-refractivity contribution >= 4 is 42.1 Å². The molecule has 2 saturated heterocycles. The summed E-state index contributed by atoms with van der Waals surface area (Å²) in [6.45, 7) is 0. The van der Waals surface area contributed by atoms with E-state index in [0.29, 0.717) is 31.0 Å². The number of carbonyl (C=O) groups excluding carboxylic acids is 1. The van der Waals surface area contributed by atoms with Crippen LogP contribution in [0.25, 0.3) is 0 Å². The summed E-state index contributed by atoms with van der Waals surface area (Å²) >= 11 is 1.55. The lowest BCUT2D eigenvalue weighted by molar-refractivity contribution is -0.121. The van der Waals surface area contributed by atoms with Gasteiger partial charge in [0, 0.05) is 29.9 Å². The molecule has 2 aromatic rings. The van der Waals surface area contributed by atoms with E-state index in [-0.39, 0.29) is 36.5 Å². The SMILES string of the molecule is Cl.Cl.O=C(Cc1csc(Cc2ccc(F)cc2)n1)NC1CC2CCC(C1)N2. The molecule has 0 aliphatic carbocycles. The van der Waals surface area contributed by atoms with Gasteiger partial charge in [-0.25, -0.2) is 9.37 Å². The third-order valence-corrected chi connectivity index (χ3v) is 5.95. The fourth-order valence-electron chi connectivity index (χ4n) is 3.91. The lowest BCUT2D eigenvalue weighted by Gasteiger charge is -2.29. The van der Waals surface area contributed by atoms with E-state index < -0.39 is 0 Å². The van der Waals surface area contributed by atoms with Gasteiger partial charge in [0.2, 0.25) is 5.91 Å². The van der Waals surface area contributed by atoms with E-state index in [9.17, 15) is 9.18 Å². The number of hydrogen-bond acceptors (Lipinski definition) is 4. The molecule has 148 valence electrons. The van der Waals surface area contributed by atoms with Crippen LogP contribution in [0.1, 0.15) is 41.9 Å². The molecule has 1 amide bonds. The van der Waals surface area contributed by atoms with Crippen molar-refractivity contribution in [1.29, 1.82) is 0 Å². The summed E-state index contributed by atoms with van der Waals surface area (Å²) in [5.74, 6) is -0.170. The third kappa shape index (κ3) is 5.88. The first-order valence-corrected chi connectivity index (χ1v) is 9.75. The third-order valence-electron chi connectivity index (χ3n) is 5.05. The largest absolute Gasteiger partial charge is 0.353 e. The first-order valence-electron chi connectivity index (χ1n) is 8.87. The van der Waals surface area contributed by atoms with Gasteiger partial charge in [-0.2, -0.15) is 0 Å². The number of rotatable bonds is 5. The van der Waals surface area contributed by atoms with Gasteiger partial charge in [0.1, 0.15) is 5.82 Å². The molecule has 2 atom stereocenters. The number of thiazole rings is 1. The molecule has 2 bridgehead atoms. The van der Waals surface area contributed by atoms with E-state index in [4.69, 9.17) is 0 Å². The number of piperidine rings is 1. The molecular formula is C19H24Cl2FN3OS. The molecule has 4 rings (SSSR count). The van der Waals surface area contributed by atoms with Crippen molar-refractivity contribution in [1.82, 2.24) is 15.6 Å². The Bertz CT molecular complexity index is 744. The number of aromatic nitrogens is 1. The topological polar surface area (TPSA) is 54.0 Å². The molecule has 0 spiro atoms. The Labute approximate surface area is 175 Å². The fraction of sp³-hybridized carbons (Fsp3) is 0.474. The maximum absolute atomic E-state index is 13.0. The molecule has 1 aromatic heterocycles. The molecule has 8 heteroatoms. The summed E-state index contributed by atoms with van der Waals surface area (Å²) in [5.41, 5.74) is 1.84. The summed E-state index contributed by atoms with van der Waals surface area (Å²) in [4.78, 5) is 16.9. The molecule has 0 saturated carbocycles. The van der Waals surface area contributed by atoms with Crippen molar-refractivity contribution in [2.45, 2.75) is 56.7 Å². The van der Waals surface area contributed by atoms with Crippen molar-refractivity contribution in [3.8, 4) is 0 Å². The van der Waals surface area contributed by atoms with Crippen molar-refractivity contribution in [3.05, 3.63) is 51.7 Å². The van der Waals surface area contributed by atoms with Crippen LogP contribution >= 0.6 is 36.2 Å². The zero-order valence-electron chi connectivity index (χ0n) is 14.8. The van der Waals surface area contributed by atoms with Gasteiger partial charge in [0.25, 0.3) is 0 Å². The number of amides is 1. The highest BCUT2D eigenvalue weighted by Crippen LogP contribution is 2.26. The van der Waals surface area contributed by atoms with E-state index >= 15 is 0 Å².